The highest BCUT2D eigenvalue weighted by molar-refractivity contribution is 8.13. The Kier molecular flexibility index (Phi) is 6.01. The van der Waals surface area contributed by atoms with Crippen molar-refractivity contribution in [2.24, 2.45) is 5.92 Å². The molecular weight excluding hydrogens is 340 g/mol. The monoisotopic (exact) mass is 355 g/mol. The van der Waals surface area contributed by atoms with Crippen molar-refractivity contribution in [2.45, 2.75) is 38.1 Å². The minimum atomic E-state index is -4.16. The van der Waals surface area contributed by atoms with E-state index in [0.717, 1.165) is 12.1 Å². The van der Waals surface area contributed by atoms with Crippen LogP contribution in [0.3, 0.4) is 0 Å². The molecule has 1 atom stereocenters. The first-order valence-electron chi connectivity index (χ1n) is 6.32. The highest BCUT2D eigenvalue weighted by Gasteiger charge is 2.23. The largest absolute Gasteiger partial charge is 0.349 e. The van der Waals surface area contributed by atoms with E-state index in [2.05, 4.69) is 5.32 Å². The maximum atomic E-state index is 13.8. The van der Waals surface area contributed by atoms with Gasteiger partial charge in [0.2, 0.25) is 0 Å². The number of carbonyl (C=O) groups is 1. The maximum absolute atomic E-state index is 13.8. The summed E-state index contributed by atoms with van der Waals surface area (Å²) in [6.07, 6.45) is 0.666. The maximum Gasteiger partial charge on any atom is 0.262 e. The molecule has 1 rings (SSSR count). The topological polar surface area (TPSA) is 63.2 Å². The lowest BCUT2D eigenvalue weighted by molar-refractivity contribution is 0.0920. The van der Waals surface area contributed by atoms with Crippen LogP contribution in [0.25, 0.3) is 0 Å². The highest BCUT2D eigenvalue weighted by Crippen LogP contribution is 2.27. The molecule has 4 nitrogen and oxygen atoms in total. The second-order valence-corrected chi connectivity index (χ2v) is 7.87. The molecule has 0 bridgehead atoms. The summed E-state index contributed by atoms with van der Waals surface area (Å²) in [7, 11) is 1.05. The number of carbonyl (C=O) groups excluding carboxylic acids is 1. The summed E-state index contributed by atoms with van der Waals surface area (Å²) >= 11 is 5.64. The average Bonchev–Trinajstić information content (AvgIpc) is 2.33. The molecule has 0 aliphatic rings. The Hall–Kier alpha value is -0.850. The van der Waals surface area contributed by atoms with Gasteiger partial charge in [-0.25, -0.2) is 12.8 Å². The molecule has 118 valence electrons. The van der Waals surface area contributed by atoms with E-state index >= 15 is 0 Å². The number of hydrogen-bond donors (Lipinski definition) is 1. The molecule has 0 radical (unpaired) electrons. The Morgan fingerprint density at radius 3 is 2.38 bits per heavy atom. The molecule has 1 unspecified atom stereocenters. The van der Waals surface area contributed by atoms with E-state index < -0.39 is 31.2 Å². The lowest BCUT2D eigenvalue weighted by Crippen LogP contribution is -2.38. The smallest absolute Gasteiger partial charge is 0.262 e. The number of benzene rings is 1. The van der Waals surface area contributed by atoms with Crippen LogP contribution in [-0.4, -0.2) is 20.4 Å². The van der Waals surface area contributed by atoms with Crippen LogP contribution in [0.5, 0.6) is 0 Å². The first-order chi connectivity index (χ1) is 9.57. The molecule has 0 aliphatic heterocycles. The zero-order chi connectivity index (χ0) is 16.4. The lowest BCUT2D eigenvalue weighted by Gasteiger charge is -2.21. The fourth-order valence-corrected chi connectivity index (χ4v) is 3.38. The Labute approximate surface area is 133 Å². The molecular formula is C13H16Cl2FNO3S. The van der Waals surface area contributed by atoms with E-state index in [-0.39, 0.29) is 17.0 Å². The van der Waals surface area contributed by atoms with Crippen LogP contribution in [0.4, 0.5) is 4.39 Å². The molecule has 0 fully saturated rings. The molecule has 0 saturated carbocycles. The van der Waals surface area contributed by atoms with Crippen molar-refractivity contribution in [1.82, 2.24) is 5.32 Å². The third kappa shape index (κ3) is 4.56. The van der Waals surface area contributed by atoms with Gasteiger partial charge >= 0.3 is 0 Å². The van der Waals surface area contributed by atoms with Gasteiger partial charge < -0.3 is 5.32 Å². The Morgan fingerprint density at radius 2 is 1.95 bits per heavy atom. The number of hydrogen-bond acceptors (Lipinski definition) is 3. The quantitative estimate of drug-likeness (QED) is 0.821. The summed E-state index contributed by atoms with van der Waals surface area (Å²) in [5.74, 6) is -1.45. The van der Waals surface area contributed by atoms with Crippen molar-refractivity contribution in [3.8, 4) is 0 Å². The third-order valence-electron chi connectivity index (χ3n) is 3.09. The van der Waals surface area contributed by atoms with E-state index in [0.29, 0.717) is 6.42 Å². The van der Waals surface area contributed by atoms with Gasteiger partial charge in [0.25, 0.3) is 15.0 Å². The number of amides is 1. The number of halogens is 3. The fraction of sp³-hybridized carbons (Fsp3) is 0.462. The third-order valence-corrected chi connectivity index (χ3v) is 4.88. The van der Waals surface area contributed by atoms with Crippen LogP contribution in [0.15, 0.2) is 17.0 Å². The van der Waals surface area contributed by atoms with Crippen LogP contribution < -0.4 is 5.32 Å². The molecule has 0 spiro atoms. The Balaban J connectivity index is 3.22. The minimum absolute atomic E-state index is 0.149. The average molecular weight is 356 g/mol. The minimum Gasteiger partial charge on any atom is -0.349 e. The van der Waals surface area contributed by atoms with E-state index in [1.165, 1.54) is 0 Å². The van der Waals surface area contributed by atoms with Crippen LogP contribution in [0, 0.1) is 11.7 Å². The van der Waals surface area contributed by atoms with Gasteiger partial charge in [-0.1, -0.05) is 32.4 Å². The van der Waals surface area contributed by atoms with E-state index in [9.17, 15) is 17.6 Å². The van der Waals surface area contributed by atoms with Gasteiger partial charge in [-0.3, -0.25) is 4.79 Å². The van der Waals surface area contributed by atoms with E-state index in [4.69, 9.17) is 22.3 Å². The second kappa shape index (κ2) is 6.94. The predicted molar refractivity (Wildman–Crippen MR) is 80.8 cm³/mol. The van der Waals surface area contributed by atoms with Gasteiger partial charge in [-0.15, -0.1) is 0 Å². The summed E-state index contributed by atoms with van der Waals surface area (Å²) in [6.45, 7) is 5.72. The van der Waals surface area contributed by atoms with Gasteiger partial charge in [-0.05, 0) is 24.5 Å². The normalized spacial score (nSPS) is 13.3. The molecule has 0 aromatic heterocycles. The van der Waals surface area contributed by atoms with Crippen molar-refractivity contribution in [3.63, 3.8) is 0 Å². The van der Waals surface area contributed by atoms with E-state index in [1.807, 2.05) is 20.8 Å². The van der Waals surface area contributed by atoms with Crippen molar-refractivity contribution < 1.29 is 17.6 Å². The molecule has 1 N–H and O–H groups in total. The first kappa shape index (κ1) is 18.2. The molecule has 21 heavy (non-hydrogen) atoms. The fourth-order valence-electron chi connectivity index (χ4n) is 1.88. The Morgan fingerprint density at radius 1 is 1.38 bits per heavy atom. The first-order valence-corrected chi connectivity index (χ1v) is 9.01. The van der Waals surface area contributed by atoms with Crippen LogP contribution >= 0.6 is 22.3 Å². The van der Waals surface area contributed by atoms with Gasteiger partial charge in [0.05, 0.1) is 10.6 Å². The molecule has 0 saturated heterocycles. The van der Waals surface area contributed by atoms with Crippen LogP contribution in [0.2, 0.25) is 5.02 Å². The summed E-state index contributed by atoms with van der Waals surface area (Å²) in [4.78, 5) is 11.6. The van der Waals surface area contributed by atoms with Gasteiger partial charge in [0, 0.05) is 16.7 Å². The van der Waals surface area contributed by atoms with Crippen LogP contribution in [0.1, 0.15) is 37.6 Å². The van der Waals surface area contributed by atoms with E-state index in [1.54, 1.807) is 0 Å². The van der Waals surface area contributed by atoms with Crippen molar-refractivity contribution in [1.29, 1.82) is 0 Å². The molecule has 1 aromatic carbocycles. The van der Waals surface area contributed by atoms with Gasteiger partial charge in [-0.2, -0.15) is 0 Å². The molecule has 8 heteroatoms. The van der Waals surface area contributed by atoms with Crippen molar-refractivity contribution in [2.75, 3.05) is 0 Å². The van der Waals surface area contributed by atoms with Crippen LogP contribution in [-0.2, 0) is 9.05 Å². The zero-order valence-electron chi connectivity index (χ0n) is 11.8. The van der Waals surface area contributed by atoms with Gasteiger partial charge in [0.1, 0.15) is 10.7 Å². The SMILES string of the molecule is CCC(NC(=O)c1cc(S(=O)(=O)Cl)c(Cl)cc1F)C(C)C. The zero-order valence-corrected chi connectivity index (χ0v) is 14.1. The molecule has 1 aromatic rings. The lowest BCUT2D eigenvalue weighted by atomic mass is 10.0. The predicted octanol–water partition coefficient (Wildman–Crippen LogP) is 3.57. The highest BCUT2D eigenvalue weighted by atomic mass is 35.7. The number of nitrogens with one attached hydrogen (secondary N) is 1. The molecule has 1 amide bonds. The summed E-state index contributed by atoms with van der Waals surface area (Å²) in [5, 5.41) is 2.30. The van der Waals surface area contributed by atoms with Gasteiger partial charge in [0.15, 0.2) is 0 Å². The second-order valence-electron chi connectivity index (χ2n) is 4.93. The molecule has 0 heterocycles. The summed E-state index contributed by atoms with van der Waals surface area (Å²) in [6, 6.07) is 1.47. The molecule has 0 aliphatic carbocycles. The summed E-state index contributed by atoms with van der Waals surface area (Å²) in [5.41, 5.74) is -0.405. The Bertz CT molecular complexity index is 647. The standard InChI is InChI=1S/C13H16Cl2FNO3S/c1-4-11(7(2)3)17-13(18)8-5-12(21(15,19)20)9(14)6-10(8)16/h5-7,11H,4H2,1-3H3,(H,17,18). The summed E-state index contributed by atoms with van der Waals surface area (Å²) < 4.78 is 36.5. The van der Waals surface area contributed by atoms with Crippen molar-refractivity contribution in [3.05, 3.63) is 28.5 Å². The number of rotatable bonds is 5. The van der Waals surface area contributed by atoms with Crippen molar-refractivity contribution >= 4 is 37.2 Å².